The number of fused-ring (bicyclic) bond motifs is 1. The second-order valence-corrected chi connectivity index (χ2v) is 9.52. The summed E-state index contributed by atoms with van der Waals surface area (Å²) in [7, 11) is 1.95. The minimum absolute atomic E-state index is 0.227. The maximum Gasteiger partial charge on any atom is 0.410 e. The van der Waals surface area contributed by atoms with Gasteiger partial charge in [-0.05, 0) is 42.2 Å². The van der Waals surface area contributed by atoms with Crippen LogP contribution >= 0.6 is 0 Å². The van der Waals surface area contributed by atoms with Crippen molar-refractivity contribution in [3.63, 3.8) is 0 Å². The van der Waals surface area contributed by atoms with E-state index in [4.69, 9.17) is 10.5 Å². The average molecular weight is 523 g/mol. The number of aryl methyl sites for hydroxylation is 1. The van der Waals surface area contributed by atoms with Gasteiger partial charge in [0.25, 0.3) is 5.91 Å². The molecule has 39 heavy (non-hydrogen) atoms. The predicted molar refractivity (Wildman–Crippen MR) is 153 cm³/mol. The van der Waals surface area contributed by atoms with Gasteiger partial charge >= 0.3 is 6.09 Å². The van der Waals surface area contributed by atoms with E-state index in [0.717, 1.165) is 39.0 Å². The van der Waals surface area contributed by atoms with Crippen LogP contribution in [0.2, 0.25) is 0 Å². The van der Waals surface area contributed by atoms with Crippen molar-refractivity contribution in [1.29, 1.82) is 0 Å². The minimum atomic E-state index is -0.345. The van der Waals surface area contributed by atoms with Crippen molar-refractivity contribution < 1.29 is 14.3 Å². The van der Waals surface area contributed by atoms with Crippen molar-refractivity contribution in [1.82, 2.24) is 19.4 Å². The summed E-state index contributed by atoms with van der Waals surface area (Å²) in [5.41, 5.74) is 13.0. The molecule has 0 saturated heterocycles. The Morgan fingerprint density at radius 2 is 1.85 bits per heavy atom. The lowest BCUT2D eigenvalue weighted by molar-refractivity contribution is -0.112. The number of hydrogen-bond acceptors (Lipinski definition) is 6. The van der Waals surface area contributed by atoms with E-state index in [-0.39, 0.29) is 18.6 Å². The van der Waals surface area contributed by atoms with E-state index in [1.165, 1.54) is 6.33 Å². The zero-order valence-corrected chi connectivity index (χ0v) is 22.0. The minimum Gasteiger partial charge on any atom is -0.445 e. The van der Waals surface area contributed by atoms with Gasteiger partial charge in [-0.15, -0.1) is 0 Å². The molecule has 4 aromatic rings. The zero-order chi connectivity index (χ0) is 27.5. The topological polar surface area (TPSA) is 115 Å². The lowest BCUT2D eigenvalue weighted by atomic mass is 9.94. The summed E-state index contributed by atoms with van der Waals surface area (Å²) in [6.45, 7) is 6.51. The molecule has 2 amide bonds. The number of aromatic nitrogens is 3. The van der Waals surface area contributed by atoms with E-state index in [0.29, 0.717) is 36.6 Å². The predicted octanol–water partition coefficient (Wildman–Crippen LogP) is 5.16. The number of anilines is 2. The van der Waals surface area contributed by atoms with Gasteiger partial charge in [0.05, 0.1) is 11.1 Å². The molecule has 0 bridgehead atoms. The highest BCUT2D eigenvalue weighted by atomic mass is 16.6. The van der Waals surface area contributed by atoms with Crippen LogP contribution in [-0.2, 0) is 23.2 Å². The van der Waals surface area contributed by atoms with Gasteiger partial charge in [0.1, 0.15) is 24.4 Å². The molecule has 3 N–H and O–H groups in total. The molecule has 0 spiro atoms. The van der Waals surface area contributed by atoms with E-state index in [1.807, 2.05) is 72.3 Å². The fraction of sp³-hybridized carbons (Fsp3) is 0.200. The third-order valence-corrected chi connectivity index (χ3v) is 6.79. The summed E-state index contributed by atoms with van der Waals surface area (Å²) in [6.07, 6.45) is 3.77. The molecule has 2 aromatic heterocycles. The van der Waals surface area contributed by atoms with E-state index in [2.05, 4.69) is 21.9 Å². The number of benzene rings is 2. The zero-order valence-electron chi connectivity index (χ0n) is 22.0. The van der Waals surface area contributed by atoms with Crippen LogP contribution in [0.3, 0.4) is 0 Å². The molecule has 0 aliphatic carbocycles. The van der Waals surface area contributed by atoms with Crippen LogP contribution in [0.5, 0.6) is 0 Å². The quantitative estimate of drug-likeness (QED) is 0.338. The van der Waals surface area contributed by atoms with Crippen molar-refractivity contribution in [3.8, 4) is 11.3 Å². The van der Waals surface area contributed by atoms with Crippen molar-refractivity contribution in [2.24, 2.45) is 7.05 Å². The molecule has 0 atom stereocenters. The van der Waals surface area contributed by atoms with Gasteiger partial charge in [0, 0.05) is 37.0 Å². The van der Waals surface area contributed by atoms with E-state index < -0.39 is 0 Å². The fourth-order valence-corrected chi connectivity index (χ4v) is 4.75. The summed E-state index contributed by atoms with van der Waals surface area (Å²) < 4.78 is 7.53. The first kappa shape index (κ1) is 25.7. The van der Waals surface area contributed by atoms with Crippen LogP contribution in [0.1, 0.15) is 24.5 Å². The van der Waals surface area contributed by atoms with Crippen LogP contribution in [0.15, 0.2) is 79.2 Å². The molecule has 1 aliphatic heterocycles. The Kier molecular flexibility index (Phi) is 7.14. The van der Waals surface area contributed by atoms with E-state index in [9.17, 15) is 9.59 Å². The lowest BCUT2D eigenvalue weighted by Crippen LogP contribution is -2.35. The first-order valence-corrected chi connectivity index (χ1v) is 12.6. The summed E-state index contributed by atoms with van der Waals surface area (Å²) >= 11 is 0. The molecule has 1 aliphatic rings. The number of rotatable bonds is 6. The van der Waals surface area contributed by atoms with Gasteiger partial charge in [0.15, 0.2) is 0 Å². The Bertz CT molecular complexity index is 1590. The summed E-state index contributed by atoms with van der Waals surface area (Å²) in [5, 5.41) is 3.61. The van der Waals surface area contributed by atoms with Crippen LogP contribution < -0.4 is 11.1 Å². The molecule has 3 heterocycles. The van der Waals surface area contributed by atoms with Gasteiger partial charge in [-0.25, -0.2) is 14.8 Å². The SMILES string of the molecule is C=C(C)C(=O)Nc1ccc(-c2c(C3=CCN(C(=O)OCc4ccccc4)CC3)c3c(N)ncnc3n2C)cc1. The Labute approximate surface area is 226 Å². The number of ether oxygens (including phenoxy) is 1. The summed E-state index contributed by atoms with van der Waals surface area (Å²) in [4.78, 5) is 35.2. The average Bonchev–Trinajstić information content (AvgIpc) is 3.26. The van der Waals surface area contributed by atoms with Crippen molar-refractivity contribution >= 4 is 40.1 Å². The molecule has 0 unspecified atom stereocenters. The molecular formula is C30H30N6O3. The molecule has 0 radical (unpaired) electrons. The Hall–Kier alpha value is -4.92. The number of amides is 2. The second-order valence-electron chi connectivity index (χ2n) is 9.52. The molecule has 2 aromatic carbocycles. The molecule has 198 valence electrons. The Morgan fingerprint density at radius 3 is 2.51 bits per heavy atom. The molecular weight excluding hydrogens is 492 g/mol. The number of carbonyl (C=O) groups excluding carboxylic acids is 2. The third kappa shape index (κ3) is 5.24. The van der Waals surface area contributed by atoms with Gasteiger partial charge in [0.2, 0.25) is 0 Å². The summed E-state index contributed by atoms with van der Waals surface area (Å²) in [6, 6.07) is 17.2. The first-order chi connectivity index (χ1) is 18.8. The van der Waals surface area contributed by atoms with Crippen molar-refractivity contribution in [2.75, 3.05) is 24.1 Å². The highest BCUT2D eigenvalue weighted by Crippen LogP contribution is 2.41. The van der Waals surface area contributed by atoms with Gasteiger partial charge in [-0.2, -0.15) is 0 Å². The molecule has 0 fully saturated rings. The number of hydrogen-bond donors (Lipinski definition) is 2. The molecule has 0 saturated carbocycles. The molecule has 9 heteroatoms. The van der Waals surface area contributed by atoms with E-state index in [1.54, 1.807) is 11.8 Å². The van der Waals surface area contributed by atoms with Crippen molar-refractivity contribution in [2.45, 2.75) is 20.0 Å². The monoisotopic (exact) mass is 522 g/mol. The van der Waals surface area contributed by atoms with Crippen LogP contribution in [0, 0.1) is 0 Å². The maximum absolute atomic E-state index is 12.7. The first-order valence-electron chi connectivity index (χ1n) is 12.6. The highest BCUT2D eigenvalue weighted by molar-refractivity contribution is 6.05. The number of nitrogen functional groups attached to an aromatic ring is 1. The Morgan fingerprint density at radius 1 is 1.10 bits per heavy atom. The number of nitrogens with one attached hydrogen (secondary N) is 1. The van der Waals surface area contributed by atoms with Gasteiger partial charge < -0.3 is 25.3 Å². The van der Waals surface area contributed by atoms with Crippen LogP contribution in [-0.4, -0.2) is 44.5 Å². The normalized spacial score (nSPS) is 13.2. The third-order valence-electron chi connectivity index (χ3n) is 6.79. The van der Waals surface area contributed by atoms with Crippen LogP contribution in [0.4, 0.5) is 16.3 Å². The number of nitrogens with zero attached hydrogens (tertiary/aromatic N) is 4. The maximum atomic E-state index is 12.7. The van der Waals surface area contributed by atoms with E-state index >= 15 is 0 Å². The largest absolute Gasteiger partial charge is 0.445 e. The lowest BCUT2D eigenvalue weighted by Gasteiger charge is -2.26. The fourth-order valence-electron chi connectivity index (χ4n) is 4.75. The molecule has 5 rings (SSSR count). The molecule has 9 nitrogen and oxygen atoms in total. The highest BCUT2D eigenvalue weighted by Gasteiger charge is 2.26. The Balaban J connectivity index is 1.44. The van der Waals surface area contributed by atoms with Crippen LogP contribution in [0.25, 0.3) is 27.9 Å². The second kappa shape index (κ2) is 10.8. The number of carbonyl (C=O) groups is 2. The smallest absolute Gasteiger partial charge is 0.410 e. The number of nitrogens with two attached hydrogens (primary N) is 1. The van der Waals surface area contributed by atoms with Gasteiger partial charge in [-0.1, -0.05) is 55.1 Å². The standard InChI is InChI=1S/C30H30N6O3/c1-19(2)29(37)34-23-11-9-22(10-12-23)26-24(25-27(31)32-18-33-28(25)35(26)3)21-13-15-36(16-14-21)30(38)39-17-20-7-5-4-6-8-20/h4-13,18H,1,14-17H2,2-3H3,(H,34,37)(H2,31,32,33). The van der Waals surface area contributed by atoms with Crippen molar-refractivity contribution in [3.05, 3.63) is 90.3 Å². The summed E-state index contributed by atoms with van der Waals surface area (Å²) in [5.74, 6) is 0.170. The van der Waals surface area contributed by atoms with Gasteiger partial charge in [-0.3, -0.25) is 4.79 Å².